The first-order chi connectivity index (χ1) is 3.66. The molecule has 0 aliphatic carbocycles. The van der Waals surface area contributed by atoms with Crippen LogP contribution in [0.1, 0.15) is 20.3 Å². The first kappa shape index (κ1) is 7.92. The maximum Gasteiger partial charge on any atom is 0.152 e. The second-order valence-corrected chi connectivity index (χ2v) is 1.77. The molecule has 0 aromatic heterocycles. The molecule has 0 bridgehead atoms. The molecule has 0 amide bonds. The molecule has 0 fully saturated rings. The standard InChI is InChI=1S/C6H13O2/c1-4-5(2)8-6(3)7/h5-7H,2,4H2,1,3H3. The maximum absolute atomic E-state index is 8.59. The van der Waals surface area contributed by atoms with Crippen molar-refractivity contribution >= 4 is 0 Å². The van der Waals surface area contributed by atoms with Gasteiger partial charge in [-0.1, -0.05) is 6.92 Å². The number of aliphatic hydroxyl groups is 1. The van der Waals surface area contributed by atoms with Gasteiger partial charge < -0.3 is 9.84 Å². The fourth-order valence-electron chi connectivity index (χ4n) is 0.375. The van der Waals surface area contributed by atoms with Crippen molar-refractivity contribution in [1.82, 2.24) is 0 Å². The summed E-state index contributed by atoms with van der Waals surface area (Å²) >= 11 is 0. The molecular weight excluding hydrogens is 104 g/mol. The summed E-state index contributed by atoms with van der Waals surface area (Å²) in [6.45, 7) is 7.15. The zero-order valence-corrected chi connectivity index (χ0v) is 5.42. The van der Waals surface area contributed by atoms with Crippen molar-refractivity contribution in [3.63, 3.8) is 0 Å². The number of hydrogen-bond donors (Lipinski definition) is 1. The van der Waals surface area contributed by atoms with Crippen LogP contribution in [-0.4, -0.2) is 17.5 Å². The maximum atomic E-state index is 8.59. The van der Waals surface area contributed by atoms with Crippen LogP contribution in [0.5, 0.6) is 0 Å². The minimum Gasteiger partial charge on any atom is -0.368 e. The van der Waals surface area contributed by atoms with Crippen LogP contribution in [0.2, 0.25) is 0 Å². The fraction of sp³-hybridized carbons (Fsp3) is 0.833. The van der Waals surface area contributed by atoms with E-state index in [2.05, 4.69) is 6.92 Å². The van der Waals surface area contributed by atoms with Crippen molar-refractivity contribution in [2.45, 2.75) is 32.7 Å². The van der Waals surface area contributed by atoms with E-state index in [1.807, 2.05) is 6.92 Å². The van der Waals surface area contributed by atoms with E-state index in [0.29, 0.717) is 0 Å². The normalized spacial score (nSPS) is 18.0. The van der Waals surface area contributed by atoms with Crippen molar-refractivity contribution < 1.29 is 9.84 Å². The first-order valence-corrected chi connectivity index (χ1v) is 2.83. The van der Waals surface area contributed by atoms with E-state index in [9.17, 15) is 0 Å². The zero-order chi connectivity index (χ0) is 6.57. The smallest absolute Gasteiger partial charge is 0.152 e. The van der Waals surface area contributed by atoms with Crippen LogP contribution in [0.25, 0.3) is 0 Å². The summed E-state index contributed by atoms with van der Waals surface area (Å²) in [5.41, 5.74) is 0. The van der Waals surface area contributed by atoms with E-state index in [1.165, 1.54) is 0 Å². The Kier molecular flexibility index (Phi) is 3.83. The van der Waals surface area contributed by atoms with Crippen molar-refractivity contribution in [3.05, 3.63) is 6.92 Å². The molecule has 2 heteroatoms. The summed E-state index contributed by atoms with van der Waals surface area (Å²) in [7, 11) is 0. The molecule has 1 N–H and O–H groups in total. The molecule has 0 heterocycles. The molecule has 0 aliphatic rings. The summed E-state index contributed by atoms with van der Waals surface area (Å²) in [6.07, 6.45) is 0.0812. The average Bonchev–Trinajstić information content (AvgIpc) is 1.65. The van der Waals surface area contributed by atoms with Crippen LogP contribution in [0.15, 0.2) is 0 Å². The average molecular weight is 117 g/mol. The minimum absolute atomic E-state index is 0.0741. The van der Waals surface area contributed by atoms with Crippen molar-refractivity contribution in [2.75, 3.05) is 0 Å². The number of aliphatic hydroxyl groups excluding tert-OH is 1. The van der Waals surface area contributed by atoms with E-state index in [1.54, 1.807) is 6.92 Å². The van der Waals surface area contributed by atoms with Gasteiger partial charge in [0.1, 0.15) is 0 Å². The fourth-order valence-corrected chi connectivity index (χ4v) is 0.375. The molecule has 2 unspecified atom stereocenters. The Morgan fingerprint density at radius 3 is 2.38 bits per heavy atom. The van der Waals surface area contributed by atoms with Crippen LogP contribution in [0.4, 0.5) is 0 Å². The van der Waals surface area contributed by atoms with Crippen LogP contribution in [0.3, 0.4) is 0 Å². The van der Waals surface area contributed by atoms with Gasteiger partial charge in [0.25, 0.3) is 0 Å². The Hall–Kier alpha value is -0.0800. The van der Waals surface area contributed by atoms with Crippen molar-refractivity contribution in [3.8, 4) is 0 Å². The van der Waals surface area contributed by atoms with Crippen molar-refractivity contribution in [1.29, 1.82) is 0 Å². The highest BCUT2D eigenvalue weighted by Crippen LogP contribution is 1.97. The van der Waals surface area contributed by atoms with Gasteiger partial charge in [-0.15, -0.1) is 0 Å². The molecule has 0 aliphatic heterocycles. The number of hydrogen-bond acceptors (Lipinski definition) is 2. The van der Waals surface area contributed by atoms with Gasteiger partial charge in [-0.05, 0) is 20.3 Å². The van der Waals surface area contributed by atoms with E-state index in [0.717, 1.165) is 6.42 Å². The van der Waals surface area contributed by atoms with Gasteiger partial charge in [-0.2, -0.15) is 0 Å². The lowest BCUT2D eigenvalue weighted by Crippen LogP contribution is -2.15. The first-order valence-electron chi connectivity index (χ1n) is 2.83. The summed E-state index contributed by atoms with van der Waals surface area (Å²) in [6, 6.07) is 0. The third-order valence-corrected chi connectivity index (χ3v) is 0.845. The van der Waals surface area contributed by atoms with Crippen molar-refractivity contribution in [2.24, 2.45) is 0 Å². The number of rotatable bonds is 3. The second-order valence-electron chi connectivity index (χ2n) is 1.77. The van der Waals surface area contributed by atoms with Gasteiger partial charge in [0.15, 0.2) is 6.29 Å². The SMILES string of the molecule is [CH2]C(CC)OC(C)O. The minimum atomic E-state index is -0.683. The van der Waals surface area contributed by atoms with E-state index < -0.39 is 6.29 Å². The molecule has 2 nitrogen and oxygen atoms in total. The highest BCUT2D eigenvalue weighted by atomic mass is 16.6. The Morgan fingerprint density at radius 1 is 1.75 bits per heavy atom. The summed E-state index contributed by atoms with van der Waals surface area (Å²) in [5, 5.41) is 8.59. The Morgan fingerprint density at radius 2 is 2.25 bits per heavy atom. The molecule has 1 radical (unpaired) electrons. The lowest BCUT2D eigenvalue weighted by molar-refractivity contribution is -0.110. The Balaban J connectivity index is 3.10. The third-order valence-electron chi connectivity index (χ3n) is 0.845. The van der Waals surface area contributed by atoms with Gasteiger partial charge in [0.2, 0.25) is 0 Å². The highest BCUT2D eigenvalue weighted by molar-refractivity contribution is 4.55. The van der Waals surface area contributed by atoms with E-state index in [-0.39, 0.29) is 6.10 Å². The molecule has 2 atom stereocenters. The monoisotopic (exact) mass is 117 g/mol. The third kappa shape index (κ3) is 4.09. The van der Waals surface area contributed by atoms with Crippen LogP contribution >= 0.6 is 0 Å². The molecule has 0 aromatic carbocycles. The molecule has 0 saturated heterocycles. The second kappa shape index (κ2) is 3.87. The lowest BCUT2D eigenvalue weighted by Gasteiger charge is -2.11. The topological polar surface area (TPSA) is 29.5 Å². The quantitative estimate of drug-likeness (QED) is 0.558. The molecule has 0 aromatic rings. The van der Waals surface area contributed by atoms with Gasteiger partial charge in [0, 0.05) is 0 Å². The largest absolute Gasteiger partial charge is 0.368 e. The Labute approximate surface area is 50.5 Å². The van der Waals surface area contributed by atoms with E-state index in [4.69, 9.17) is 9.84 Å². The molecule has 49 valence electrons. The van der Waals surface area contributed by atoms with Crippen LogP contribution < -0.4 is 0 Å². The van der Waals surface area contributed by atoms with Gasteiger partial charge in [-0.25, -0.2) is 0 Å². The molecule has 0 saturated carbocycles. The Bertz CT molecular complexity index is 52.5. The zero-order valence-electron chi connectivity index (χ0n) is 5.42. The predicted molar refractivity (Wildman–Crippen MR) is 32.2 cm³/mol. The summed E-state index contributed by atoms with van der Waals surface area (Å²) in [5.74, 6) is 0. The number of ether oxygens (including phenoxy) is 1. The van der Waals surface area contributed by atoms with Gasteiger partial charge >= 0.3 is 0 Å². The molecule has 8 heavy (non-hydrogen) atoms. The highest BCUT2D eigenvalue weighted by Gasteiger charge is 2.00. The van der Waals surface area contributed by atoms with Crippen LogP contribution in [0, 0.1) is 6.92 Å². The summed E-state index contributed by atoms with van der Waals surface area (Å²) in [4.78, 5) is 0. The van der Waals surface area contributed by atoms with E-state index >= 15 is 0 Å². The van der Waals surface area contributed by atoms with Gasteiger partial charge in [0.05, 0.1) is 6.10 Å². The molecule has 0 rings (SSSR count). The lowest BCUT2D eigenvalue weighted by atomic mass is 10.3. The van der Waals surface area contributed by atoms with Gasteiger partial charge in [-0.3, -0.25) is 0 Å². The van der Waals surface area contributed by atoms with Crippen LogP contribution in [-0.2, 0) is 4.74 Å². The summed E-state index contributed by atoms with van der Waals surface area (Å²) < 4.78 is 4.84. The predicted octanol–water partition coefficient (Wildman–Crippen LogP) is 0.954. The molecule has 0 spiro atoms. The molecular formula is C6H13O2.